The molecule has 1 rings (SSSR count). The molecule has 0 saturated heterocycles. The second kappa shape index (κ2) is 3.26. The molecule has 0 saturated carbocycles. The topological polar surface area (TPSA) is 12.9 Å². The van der Waals surface area contributed by atoms with Crippen LogP contribution in [-0.2, 0) is 0 Å². The average Bonchev–Trinajstić information content (AvgIpc) is 1.82. The molecule has 5 heteroatoms. The maximum atomic E-state index is 5.65. The smallest absolute Gasteiger partial charge is 0.150 e. The molecule has 0 aromatic carbocycles. The van der Waals surface area contributed by atoms with Crippen molar-refractivity contribution >= 4 is 50.7 Å². The van der Waals surface area contributed by atoms with E-state index in [1.807, 2.05) is 0 Å². The van der Waals surface area contributed by atoms with Crippen LogP contribution in [0.2, 0.25) is 15.3 Å². The number of nitrogens with zero attached hydrogens (tertiary/aromatic N) is 1. The summed E-state index contributed by atoms with van der Waals surface area (Å²) >= 11 is 19.9. The van der Waals surface area contributed by atoms with E-state index in [0.717, 1.165) is 0 Å². The molecule has 0 fully saturated rings. The number of hydrogen-bond donors (Lipinski definition) is 0. The molecule has 1 nitrogen and oxygen atoms in total. The van der Waals surface area contributed by atoms with Crippen LogP contribution in [0.1, 0.15) is 0 Å². The third kappa shape index (κ3) is 1.76. The number of pyridine rings is 1. The molecule has 1 heterocycles. The van der Waals surface area contributed by atoms with E-state index in [9.17, 15) is 0 Å². The molecule has 0 aliphatic carbocycles. The first-order chi connectivity index (χ1) is 4.61. The zero-order valence-electron chi connectivity index (χ0n) is 4.54. The van der Waals surface area contributed by atoms with Gasteiger partial charge >= 0.3 is 0 Å². The summed E-state index contributed by atoms with van der Waals surface area (Å²) in [5.41, 5.74) is 0. The lowest BCUT2D eigenvalue weighted by atomic mass is 10.5. The van der Waals surface area contributed by atoms with E-state index in [1.54, 1.807) is 6.07 Å². The van der Waals surface area contributed by atoms with Crippen LogP contribution in [-0.4, -0.2) is 4.98 Å². The quantitative estimate of drug-likeness (QED) is 0.647. The number of aromatic nitrogens is 1. The summed E-state index contributed by atoms with van der Waals surface area (Å²) in [6.45, 7) is 0. The molecule has 0 amide bonds. The second-order valence-corrected chi connectivity index (χ2v) is 3.51. The Bertz CT molecular complexity index is 240. The summed E-state index contributed by atoms with van der Waals surface area (Å²) in [6, 6.07) is 1.58. The van der Waals surface area contributed by atoms with Crippen LogP contribution in [0, 0.1) is 0 Å². The van der Waals surface area contributed by atoms with Gasteiger partial charge in [0.15, 0.2) is 5.15 Å². The minimum absolute atomic E-state index is 0.209. The summed E-state index contributed by atoms with van der Waals surface area (Å²) < 4.78 is 0.652. The van der Waals surface area contributed by atoms with Gasteiger partial charge in [-0.15, -0.1) is 0 Å². The Morgan fingerprint density at radius 2 is 1.90 bits per heavy atom. The van der Waals surface area contributed by atoms with Crippen LogP contribution in [0.5, 0.6) is 0 Å². The number of halogens is 4. The molecular formula is C5HBrCl3N. The van der Waals surface area contributed by atoms with Gasteiger partial charge in [-0.3, -0.25) is 0 Å². The standard InChI is InChI=1S/C5HBrCl3N/c6-2-1-3(7)10-5(9)4(2)8/h1H. The van der Waals surface area contributed by atoms with Gasteiger partial charge in [0.2, 0.25) is 0 Å². The molecular weight excluding hydrogens is 260 g/mol. The molecule has 10 heavy (non-hydrogen) atoms. The zero-order chi connectivity index (χ0) is 7.72. The van der Waals surface area contributed by atoms with Gasteiger partial charge in [-0.2, -0.15) is 0 Å². The fourth-order valence-electron chi connectivity index (χ4n) is 0.442. The normalized spacial score (nSPS) is 10.0. The van der Waals surface area contributed by atoms with Crippen molar-refractivity contribution in [3.8, 4) is 0 Å². The lowest BCUT2D eigenvalue weighted by molar-refractivity contribution is 1.32. The zero-order valence-corrected chi connectivity index (χ0v) is 8.39. The maximum absolute atomic E-state index is 5.65. The maximum Gasteiger partial charge on any atom is 0.150 e. The van der Waals surface area contributed by atoms with Crippen molar-refractivity contribution < 1.29 is 0 Å². The van der Waals surface area contributed by atoms with E-state index in [0.29, 0.717) is 14.6 Å². The number of hydrogen-bond acceptors (Lipinski definition) is 1. The van der Waals surface area contributed by atoms with E-state index >= 15 is 0 Å². The minimum atomic E-state index is 0.209. The van der Waals surface area contributed by atoms with Crippen molar-refractivity contribution in [2.45, 2.75) is 0 Å². The highest BCUT2D eigenvalue weighted by Crippen LogP contribution is 2.30. The Kier molecular flexibility index (Phi) is 2.81. The summed E-state index contributed by atoms with van der Waals surface area (Å²) in [6.07, 6.45) is 0. The number of rotatable bonds is 0. The average molecular weight is 261 g/mol. The Morgan fingerprint density at radius 1 is 1.30 bits per heavy atom. The summed E-state index contributed by atoms with van der Waals surface area (Å²) in [5.74, 6) is 0. The Balaban J connectivity index is 3.31. The summed E-state index contributed by atoms with van der Waals surface area (Å²) in [4.78, 5) is 3.70. The van der Waals surface area contributed by atoms with Gasteiger partial charge in [0.1, 0.15) is 5.15 Å². The van der Waals surface area contributed by atoms with E-state index in [2.05, 4.69) is 20.9 Å². The van der Waals surface area contributed by atoms with E-state index in [4.69, 9.17) is 34.8 Å². The molecule has 0 spiro atoms. The van der Waals surface area contributed by atoms with Crippen LogP contribution in [0.15, 0.2) is 10.5 Å². The molecule has 54 valence electrons. The van der Waals surface area contributed by atoms with Gasteiger partial charge in [-0.05, 0) is 22.0 Å². The van der Waals surface area contributed by atoms with E-state index in [-0.39, 0.29) is 5.15 Å². The summed E-state index contributed by atoms with van der Waals surface area (Å²) in [7, 11) is 0. The molecule has 0 aliphatic heterocycles. The van der Waals surface area contributed by atoms with E-state index in [1.165, 1.54) is 0 Å². The van der Waals surface area contributed by atoms with Crippen molar-refractivity contribution in [3.63, 3.8) is 0 Å². The van der Waals surface area contributed by atoms with Gasteiger partial charge in [-0.1, -0.05) is 34.8 Å². The van der Waals surface area contributed by atoms with Gasteiger partial charge < -0.3 is 0 Å². The largest absolute Gasteiger partial charge is 0.223 e. The SMILES string of the molecule is Clc1cc(Br)c(Cl)c(Cl)n1. The molecule has 0 unspecified atom stereocenters. The predicted octanol–water partition coefficient (Wildman–Crippen LogP) is 3.80. The monoisotopic (exact) mass is 259 g/mol. The van der Waals surface area contributed by atoms with Gasteiger partial charge in [0.25, 0.3) is 0 Å². The third-order valence-corrected chi connectivity index (χ3v) is 2.64. The van der Waals surface area contributed by atoms with Crippen LogP contribution in [0.4, 0.5) is 0 Å². The van der Waals surface area contributed by atoms with Crippen molar-refractivity contribution in [1.82, 2.24) is 4.98 Å². The van der Waals surface area contributed by atoms with Crippen LogP contribution >= 0.6 is 50.7 Å². The lowest BCUT2D eigenvalue weighted by Crippen LogP contribution is -1.78. The third-order valence-electron chi connectivity index (χ3n) is 0.842. The first-order valence-corrected chi connectivity index (χ1v) is 4.21. The van der Waals surface area contributed by atoms with Crippen molar-refractivity contribution in [2.24, 2.45) is 0 Å². The van der Waals surface area contributed by atoms with Gasteiger partial charge in [-0.25, -0.2) is 4.98 Å². The van der Waals surface area contributed by atoms with Crippen LogP contribution in [0.25, 0.3) is 0 Å². The molecule has 0 N–H and O–H groups in total. The molecule has 0 radical (unpaired) electrons. The first-order valence-electron chi connectivity index (χ1n) is 2.28. The van der Waals surface area contributed by atoms with Crippen molar-refractivity contribution in [3.05, 3.63) is 25.9 Å². The van der Waals surface area contributed by atoms with Gasteiger partial charge in [0, 0.05) is 4.47 Å². The second-order valence-electron chi connectivity index (χ2n) is 1.53. The molecule has 1 aromatic heterocycles. The van der Waals surface area contributed by atoms with Crippen LogP contribution < -0.4 is 0 Å². The first kappa shape index (κ1) is 8.60. The predicted molar refractivity (Wildman–Crippen MR) is 47.0 cm³/mol. The highest BCUT2D eigenvalue weighted by molar-refractivity contribution is 9.10. The Labute approximate surface area is 81.4 Å². The van der Waals surface area contributed by atoms with E-state index < -0.39 is 0 Å². The van der Waals surface area contributed by atoms with Crippen molar-refractivity contribution in [1.29, 1.82) is 0 Å². The van der Waals surface area contributed by atoms with Gasteiger partial charge in [0.05, 0.1) is 5.02 Å². The molecule has 0 bridgehead atoms. The molecule has 1 aromatic rings. The fraction of sp³-hybridized carbons (Fsp3) is 0. The highest BCUT2D eigenvalue weighted by Gasteiger charge is 2.04. The lowest BCUT2D eigenvalue weighted by Gasteiger charge is -1.97. The Morgan fingerprint density at radius 3 is 2.40 bits per heavy atom. The van der Waals surface area contributed by atoms with Crippen LogP contribution in [0.3, 0.4) is 0 Å². The molecule has 0 aliphatic rings. The highest BCUT2D eigenvalue weighted by atomic mass is 79.9. The molecule has 0 atom stereocenters. The minimum Gasteiger partial charge on any atom is -0.223 e. The van der Waals surface area contributed by atoms with Crippen molar-refractivity contribution in [2.75, 3.05) is 0 Å². The summed E-state index contributed by atoms with van der Waals surface area (Å²) in [5, 5.41) is 0.911. The Hall–Kier alpha value is 0.500. The fourth-order valence-corrected chi connectivity index (χ4v) is 1.62.